The van der Waals surface area contributed by atoms with Gasteiger partial charge in [0.05, 0.1) is 5.75 Å². The lowest BCUT2D eigenvalue weighted by Gasteiger charge is -2.11. The van der Waals surface area contributed by atoms with Crippen molar-refractivity contribution in [2.24, 2.45) is 0 Å². The summed E-state index contributed by atoms with van der Waals surface area (Å²) in [5.74, 6) is -0.839. The van der Waals surface area contributed by atoms with E-state index in [2.05, 4.69) is 5.32 Å². The predicted octanol–water partition coefficient (Wildman–Crippen LogP) is 3.62. The lowest BCUT2D eigenvalue weighted by Crippen LogP contribution is -2.12. The molecule has 0 bridgehead atoms. The Hall–Kier alpha value is -0.680. The number of hydrogen-bond donors (Lipinski definition) is 1. The second kappa shape index (κ2) is 5.59. The first-order valence-corrected chi connectivity index (χ1v) is 5.87. The van der Waals surface area contributed by atoms with Gasteiger partial charge in [-0.25, -0.2) is 0 Å². The summed E-state index contributed by atoms with van der Waals surface area (Å²) >= 11 is 0.810. The summed E-state index contributed by atoms with van der Waals surface area (Å²) in [6, 6.07) is 7.35. The maximum Gasteiger partial charge on any atom is 0.398 e. The Kier molecular flexibility index (Phi) is 4.68. The monoisotopic (exact) mass is 249 g/mol. The van der Waals surface area contributed by atoms with Crippen LogP contribution in [0, 0.1) is 0 Å². The normalized spacial score (nSPS) is 13.8. The van der Waals surface area contributed by atoms with E-state index >= 15 is 0 Å². The van der Waals surface area contributed by atoms with E-state index in [9.17, 15) is 13.2 Å². The maximum atomic E-state index is 12.0. The fraction of sp³-hybridized carbons (Fsp3) is 0.455. The van der Waals surface area contributed by atoms with Crippen LogP contribution in [-0.4, -0.2) is 19.0 Å². The van der Waals surface area contributed by atoms with Gasteiger partial charge < -0.3 is 5.32 Å². The zero-order valence-corrected chi connectivity index (χ0v) is 9.95. The number of hydrogen-bond acceptors (Lipinski definition) is 2. The highest BCUT2D eigenvalue weighted by atomic mass is 32.2. The van der Waals surface area contributed by atoms with Gasteiger partial charge in [-0.1, -0.05) is 12.1 Å². The molecule has 1 aromatic rings. The summed E-state index contributed by atoms with van der Waals surface area (Å²) in [5.41, 5.74) is 1.07. The van der Waals surface area contributed by atoms with Crippen molar-refractivity contribution in [2.75, 3.05) is 12.8 Å². The summed E-state index contributed by atoms with van der Waals surface area (Å²) < 4.78 is 35.9. The van der Waals surface area contributed by atoms with E-state index in [-0.39, 0.29) is 6.04 Å². The molecule has 0 spiro atoms. The topological polar surface area (TPSA) is 12.0 Å². The van der Waals surface area contributed by atoms with Crippen LogP contribution in [0.4, 0.5) is 13.2 Å². The van der Waals surface area contributed by atoms with Crippen molar-refractivity contribution in [1.29, 1.82) is 0 Å². The molecule has 0 saturated carbocycles. The van der Waals surface area contributed by atoms with Gasteiger partial charge in [0.1, 0.15) is 0 Å². The molecule has 0 aromatic heterocycles. The molecule has 5 heteroatoms. The van der Waals surface area contributed by atoms with Crippen LogP contribution >= 0.6 is 11.8 Å². The van der Waals surface area contributed by atoms with Crippen molar-refractivity contribution in [3.05, 3.63) is 29.8 Å². The van der Waals surface area contributed by atoms with Crippen molar-refractivity contribution in [2.45, 2.75) is 24.0 Å². The van der Waals surface area contributed by atoms with Gasteiger partial charge in [-0.15, -0.1) is 11.8 Å². The summed E-state index contributed by atoms with van der Waals surface area (Å²) in [6.45, 7) is 2.00. The van der Waals surface area contributed by atoms with Gasteiger partial charge in [0, 0.05) is 10.9 Å². The first kappa shape index (κ1) is 13.4. The zero-order valence-electron chi connectivity index (χ0n) is 9.14. The Bertz CT molecular complexity index is 321. The van der Waals surface area contributed by atoms with Crippen LogP contribution in [-0.2, 0) is 0 Å². The Morgan fingerprint density at radius 2 is 1.81 bits per heavy atom. The average Bonchev–Trinajstić information content (AvgIpc) is 2.25. The molecule has 0 aliphatic heterocycles. The summed E-state index contributed by atoms with van der Waals surface area (Å²) in [5, 5.41) is 3.07. The van der Waals surface area contributed by atoms with Gasteiger partial charge in [-0.3, -0.25) is 0 Å². The van der Waals surface area contributed by atoms with Crippen LogP contribution in [0.5, 0.6) is 0 Å². The number of thioether (sulfide) groups is 1. The van der Waals surface area contributed by atoms with E-state index in [4.69, 9.17) is 0 Å². The maximum absolute atomic E-state index is 12.0. The van der Waals surface area contributed by atoms with Crippen molar-refractivity contribution in [1.82, 2.24) is 5.32 Å². The van der Waals surface area contributed by atoms with Gasteiger partial charge in [0.25, 0.3) is 0 Å². The molecular formula is C11H14F3NS. The highest BCUT2D eigenvalue weighted by Crippen LogP contribution is 2.27. The second-order valence-corrected chi connectivity index (χ2v) is 4.53. The molecule has 1 nitrogen and oxygen atoms in total. The van der Waals surface area contributed by atoms with Gasteiger partial charge in [0.15, 0.2) is 0 Å². The summed E-state index contributed by atoms with van der Waals surface area (Å²) in [6.07, 6.45) is -4.11. The van der Waals surface area contributed by atoms with E-state index in [1.165, 1.54) is 0 Å². The predicted molar refractivity (Wildman–Crippen MR) is 60.7 cm³/mol. The Labute approximate surface area is 97.4 Å². The van der Waals surface area contributed by atoms with Crippen LogP contribution in [0.2, 0.25) is 0 Å². The quantitative estimate of drug-likeness (QED) is 0.818. The van der Waals surface area contributed by atoms with E-state index in [0.717, 1.165) is 17.3 Å². The molecule has 0 aliphatic rings. The number of halogens is 3. The highest BCUT2D eigenvalue weighted by molar-refractivity contribution is 7.99. The molecule has 0 radical (unpaired) electrons. The smallest absolute Gasteiger partial charge is 0.313 e. The van der Waals surface area contributed by atoms with Gasteiger partial charge in [0.2, 0.25) is 0 Å². The minimum absolute atomic E-state index is 0.210. The van der Waals surface area contributed by atoms with Crippen LogP contribution in [0.3, 0.4) is 0 Å². The zero-order chi connectivity index (χ0) is 12.2. The van der Waals surface area contributed by atoms with Crippen molar-refractivity contribution >= 4 is 11.8 Å². The molecule has 1 N–H and O–H groups in total. The molecule has 1 aromatic carbocycles. The highest BCUT2D eigenvalue weighted by Gasteiger charge is 2.27. The average molecular weight is 249 g/mol. The van der Waals surface area contributed by atoms with Crippen LogP contribution < -0.4 is 5.32 Å². The number of rotatable bonds is 4. The van der Waals surface area contributed by atoms with Gasteiger partial charge in [-0.05, 0) is 31.7 Å². The molecule has 1 unspecified atom stereocenters. The Balaban J connectivity index is 2.58. The number of nitrogens with one attached hydrogen (secondary N) is 1. The fourth-order valence-electron chi connectivity index (χ4n) is 1.18. The Morgan fingerprint density at radius 1 is 1.25 bits per heavy atom. The summed E-state index contributed by atoms with van der Waals surface area (Å²) in [4.78, 5) is 0.643. The van der Waals surface area contributed by atoms with E-state index in [1.807, 2.05) is 26.1 Å². The molecule has 90 valence electrons. The van der Waals surface area contributed by atoms with Crippen LogP contribution in [0.25, 0.3) is 0 Å². The van der Waals surface area contributed by atoms with E-state index in [1.54, 1.807) is 12.1 Å². The number of alkyl halides is 3. The minimum atomic E-state index is -4.11. The van der Waals surface area contributed by atoms with Gasteiger partial charge in [-0.2, -0.15) is 13.2 Å². The molecule has 0 aliphatic carbocycles. The third kappa shape index (κ3) is 4.45. The molecule has 0 amide bonds. The Morgan fingerprint density at radius 3 is 2.25 bits per heavy atom. The van der Waals surface area contributed by atoms with Gasteiger partial charge >= 0.3 is 6.18 Å². The minimum Gasteiger partial charge on any atom is -0.313 e. The molecule has 0 heterocycles. The lowest BCUT2D eigenvalue weighted by molar-refractivity contribution is -0.105. The van der Waals surface area contributed by atoms with E-state index < -0.39 is 11.9 Å². The van der Waals surface area contributed by atoms with Crippen LogP contribution in [0.15, 0.2) is 29.2 Å². The number of benzene rings is 1. The first-order valence-electron chi connectivity index (χ1n) is 4.89. The van der Waals surface area contributed by atoms with Crippen molar-refractivity contribution < 1.29 is 13.2 Å². The third-order valence-corrected chi connectivity index (χ3v) is 3.29. The standard InChI is InChI=1S/C11H14F3NS/c1-8(15-2)9-3-5-10(6-4-9)16-7-11(12,13)14/h3-6,8,15H,7H2,1-2H3. The third-order valence-electron chi connectivity index (χ3n) is 2.22. The van der Waals surface area contributed by atoms with E-state index in [0.29, 0.717) is 4.90 Å². The molecule has 1 rings (SSSR count). The van der Waals surface area contributed by atoms with Crippen LogP contribution in [0.1, 0.15) is 18.5 Å². The largest absolute Gasteiger partial charge is 0.398 e. The fourth-order valence-corrected chi connectivity index (χ4v) is 1.84. The SMILES string of the molecule is CNC(C)c1ccc(SCC(F)(F)F)cc1. The molecular weight excluding hydrogens is 235 g/mol. The summed E-state index contributed by atoms with van der Waals surface area (Å²) in [7, 11) is 1.84. The second-order valence-electron chi connectivity index (χ2n) is 3.48. The molecule has 0 fully saturated rings. The first-order chi connectivity index (χ1) is 7.42. The lowest BCUT2D eigenvalue weighted by atomic mass is 10.1. The van der Waals surface area contributed by atoms with Crippen molar-refractivity contribution in [3.63, 3.8) is 0 Å². The molecule has 16 heavy (non-hydrogen) atoms. The molecule has 0 saturated heterocycles. The molecule has 1 atom stereocenters. The van der Waals surface area contributed by atoms with Crippen molar-refractivity contribution in [3.8, 4) is 0 Å².